The number of halogens is 4. The summed E-state index contributed by atoms with van der Waals surface area (Å²) in [5.41, 5.74) is -0.222. The molecule has 3 aliphatic heterocycles. The lowest BCUT2D eigenvalue weighted by molar-refractivity contribution is -0.140. The van der Waals surface area contributed by atoms with E-state index in [0.29, 0.717) is 61.9 Å². The normalized spacial score (nSPS) is 22.5. The maximum absolute atomic E-state index is 14.5. The minimum absolute atomic E-state index is 0.0422. The lowest BCUT2D eigenvalue weighted by Crippen LogP contribution is -2.65. The van der Waals surface area contributed by atoms with Crippen molar-refractivity contribution in [1.29, 1.82) is 0 Å². The number of aromatic nitrogens is 2. The first-order valence-electron chi connectivity index (χ1n) is 17.9. The summed E-state index contributed by atoms with van der Waals surface area (Å²) < 4.78 is 68.9. The molecule has 0 unspecified atom stereocenters. The van der Waals surface area contributed by atoms with Crippen molar-refractivity contribution in [1.82, 2.24) is 24.1 Å². The van der Waals surface area contributed by atoms with Crippen molar-refractivity contribution < 1.29 is 36.6 Å². The van der Waals surface area contributed by atoms with E-state index in [0.717, 1.165) is 6.20 Å². The van der Waals surface area contributed by atoms with Gasteiger partial charge in [-0.2, -0.15) is 13.2 Å². The number of piperazine rings is 1. The van der Waals surface area contributed by atoms with Crippen molar-refractivity contribution in [3.8, 4) is 0 Å². The number of carbonyl (C=O) groups is 2. The average molecular weight is 731 g/mol. The molecule has 2 atom stereocenters. The van der Waals surface area contributed by atoms with E-state index < -0.39 is 34.8 Å². The number of ether oxygens (including phenoxy) is 2. The molecular weight excluding hydrogens is 680 g/mol. The fourth-order valence-electron chi connectivity index (χ4n) is 7.74. The van der Waals surface area contributed by atoms with Crippen LogP contribution >= 0.6 is 0 Å². The molecule has 0 spiro atoms. The Morgan fingerprint density at radius 3 is 2.38 bits per heavy atom. The molecule has 0 saturated carbocycles. The fraction of sp³-hybridized carbons (Fsp3) is 0.605. The molecule has 2 saturated heterocycles. The van der Waals surface area contributed by atoms with Gasteiger partial charge in [0, 0.05) is 73.9 Å². The van der Waals surface area contributed by atoms with Crippen LogP contribution in [0.25, 0.3) is 5.65 Å². The number of pyridine rings is 1. The highest BCUT2D eigenvalue weighted by molar-refractivity contribution is 5.98. The molecule has 1 aromatic carbocycles. The number of morpholine rings is 1. The number of alkyl halides is 3. The number of hydrogen-bond acceptors (Lipinski definition) is 7. The minimum Gasteiger partial charge on any atom is -0.444 e. The maximum Gasteiger partial charge on any atom is 0.434 e. The van der Waals surface area contributed by atoms with Crippen molar-refractivity contribution in [2.24, 2.45) is 0 Å². The lowest BCUT2D eigenvalue weighted by atomic mass is 9.90. The predicted octanol–water partition coefficient (Wildman–Crippen LogP) is 6.13. The zero-order valence-electron chi connectivity index (χ0n) is 31.3. The van der Waals surface area contributed by atoms with Crippen molar-refractivity contribution in [3.63, 3.8) is 0 Å². The molecule has 0 N–H and O–H groups in total. The highest BCUT2D eigenvalue weighted by Crippen LogP contribution is 2.43. The van der Waals surface area contributed by atoms with E-state index in [1.807, 2.05) is 41.5 Å². The van der Waals surface area contributed by atoms with Gasteiger partial charge in [0.2, 0.25) is 5.91 Å². The number of amides is 2. The Morgan fingerprint density at radius 1 is 1.06 bits per heavy atom. The van der Waals surface area contributed by atoms with Crippen LogP contribution in [0.1, 0.15) is 77.9 Å². The van der Waals surface area contributed by atoms with Crippen molar-refractivity contribution in [2.75, 3.05) is 57.4 Å². The van der Waals surface area contributed by atoms with Gasteiger partial charge in [-0.3, -0.25) is 14.6 Å². The first kappa shape index (κ1) is 38.0. The second-order valence-electron chi connectivity index (χ2n) is 16.8. The second-order valence-corrected chi connectivity index (χ2v) is 16.8. The Kier molecular flexibility index (Phi) is 9.93. The first-order chi connectivity index (χ1) is 24.1. The van der Waals surface area contributed by atoms with Crippen LogP contribution in [0.2, 0.25) is 0 Å². The summed E-state index contributed by atoms with van der Waals surface area (Å²) in [6.07, 6.45) is -3.87. The molecule has 14 heteroatoms. The van der Waals surface area contributed by atoms with Gasteiger partial charge < -0.3 is 23.7 Å². The Morgan fingerprint density at radius 2 is 1.75 bits per heavy atom. The molecule has 284 valence electrons. The summed E-state index contributed by atoms with van der Waals surface area (Å²) >= 11 is 0. The zero-order chi connectivity index (χ0) is 38.0. The van der Waals surface area contributed by atoms with Gasteiger partial charge in [0.05, 0.1) is 31.1 Å². The van der Waals surface area contributed by atoms with Gasteiger partial charge in [0.15, 0.2) is 5.69 Å². The average Bonchev–Trinajstić information content (AvgIpc) is 3.59. The standard InChI is InChI=1S/C38H50F4N6O4/c1-24-17-44(28(18-45-13-14-51-23-37(45,7)8)19-46(24)34(50)52-35(2,3)4)21-31(49)48-22-36(5,6)32-29(48)16-26(15-25-9-11-27(39)12-10-25)33-43-30(20-47(32)33)38(40,41)42/h9-12,16,20,24,28H,13-15,17-19,21-23H2,1-8H3/t24-,28+/m1/s1. The van der Waals surface area contributed by atoms with Crippen LogP contribution in [0.15, 0.2) is 36.5 Å². The van der Waals surface area contributed by atoms with Crippen molar-refractivity contribution in [3.05, 3.63) is 64.9 Å². The number of fused-ring (bicyclic) bond motifs is 3. The minimum atomic E-state index is -4.67. The lowest BCUT2D eigenvalue weighted by Gasteiger charge is -2.49. The molecule has 10 nitrogen and oxygen atoms in total. The molecule has 3 aliphatic rings. The largest absolute Gasteiger partial charge is 0.444 e. The predicted molar refractivity (Wildman–Crippen MR) is 189 cm³/mol. The molecule has 2 fully saturated rings. The summed E-state index contributed by atoms with van der Waals surface area (Å²) in [6.45, 7) is 19.0. The van der Waals surface area contributed by atoms with Gasteiger partial charge >= 0.3 is 12.3 Å². The van der Waals surface area contributed by atoms with Crippen LogP contribution < -0.4 is 4.90 Å². The van der Waals surface area contributed by atoms with E-state index in [9.17, 15) is 27.2 Å². The molecular formula is C38H50F4N6O4. The highest BCUT2D eigenvalue weighted by atomic mass is 19.4. The molecule has 3 aromatic rings. The van der Waals surface area contributed by atoms with Gasteiger partial charge in [-0.15, -0.1) is 0 Å². The van der Waals surface area contributed by atoms with Gasteiger partial charge in [0.25, 0.3) is 0 Å². The zero-order valence-corrected chi connectivity index (χ0v) is 31.3. The Balaban J connectivity index is 1.35. The second kappa shape index (κ2) is 13.6. The number of hydrogen-bond donors (Lipinski definition) is 0. The van der Waals surface area contributed by atoms with E-state index in [4.69, 9.17) is 9.47 Å². The van der Waals surface area contributed by atoms with Crippen molar-refractivity contribution in [2.45, 2.75) is 96.6 Å². The topological polar surface area (TPSA) is 82.9 Å². The Bertz CT molecular complexity index is 1820. The monoisotopic (exact) mass is 730 g/mol. The van der Waals surface area contributed by atoms with Crippen LogP contribution in [-0.2, 0) is 32.3 Å². The molecule has 2 aromatic heterocycles. The molecule has 0 aliphatic carbocycles. The summed E-state index contributed by atoms with van der Waals surface area (Å²) in [5, 5.41) is 0. The highest BCUT2D eigenvalue weighted by Gasteiger charge is 2.45. The third kappa shape index (κ3) is 7.79. The number of carbonyl (C=O) groups excluding carboxylic acids is 2. The van der Waals surface area contributed by atoms with Gasteiger partial charge in [0.1, 0.15) is 17.1 Å². The van der Waals surface area contributed by atoms with E-state index >= 15 is 0 Å². The molecule has 0 bridgehead atoms. The van der Waals surface area contributed by atoms with Gasteiger partial charge in [-0.1, -0.05) is 26.0 Å². The summed E-state index contributed by atoms with van der Waals surface area (Å²) in [7, 11) is 0. The van der Waals surface area contributed by atoms with E-state index in [-0.39, 0.29) is 48.7 Å². The number of rotatable bonds is 6. The SMILES string of the molecule is C[C@@H]1CN(CC(=O)N2CC(C)(C)c3c2cc(Cc2ccc(F)cc2)c2nc(C(F)(F)F)cn32)[C@@H](CN2CCOCC2(C)C)CN1C(=O)OC(C)(C)C. The summed E-state index contributed by atoms with van der Waals surface area (Å²) in [5.74, 6) is -0.613. The van der Waals surface area contributed by atoms with Crippen LogP contribution in [0, 0.1) is 5.82 Å². The summed E-state index contributed by atoms with van der Waals surface area (Å²) in [6, 6.07) is 7.12. The smallest absolute Gasteiger partial charge is 0.434 e. The van der Waals surface area contributed by atoms with Crippen molar-refractivity contribution >= 4 is 23.3 Å². The third-order valence-electron chi connectivity index (χ3n) is 10.3. The fourth-order valence-corrected chi connectivity index (χ4v) is 7.74. The first-order valence-corrected chi connectivity index (χ1v) is 17.9. The quantitative estimate of drug-likeness (QED) is 0.283. The number of imidazole rings is 1. The molecule has 2 amide bonds. The molecule has 5 heterocycles. The number of anilines is 1. The van der Waals surface area contributed by atoms with Crippen LogP contribution in [-0.4, -0.2) is 112 Å². The Labute approximate surface area is 302 Å². The number of nitrogens with zero attached hydrogens (tertiary/aromatic N) is 6. The third-order valence-corrected chi connectivity index (χ3v) is 10.3. The molecule has 52 heavy (non-hydrogen) atoms. The van der Waals surface area contributed by atoms with E-state index in [1.165, 1.54) is 16.5 Å². The van der Waals surface area contributed by atoms with Gasteiger partial charge in [-0.05, 0) is 65.3 Å². The summed E-state index contributed by atoms with van der Waals surface area (Å²) in [4.78, 5) is 39.8. The van der Waals surface area contributed by atoms with Crippen LogP contribution in [0.5, 0.6) is 0 Å². The van der Waals surface area contributed by atoms with E-state index in [2.05, 4.69) is 28.6 Å². The van der Waals surface area contributed by atoms with Gasteiger partial charge in [-0.25, -0.2) is 14.2 Å². The molecule has 6 rings (SSSR count). The Hall–Kier alpha value is -3.75. The molecule has 0 radical (unpaired) electrons. The van der Waals surface area contributed by atoms with Crippen LogP contribution in [0.4, 0.5) is 28.0 Å². The van der Waals surface area contributed by atoms with E-state index in [1.54, 1.807) is 28.0 Å². The number of benzene rings is 1. The van der Waals surface area contributed by atoms with Crippen LogP contribution in [0.3, 0.4) is 0 Å². The maximum atomic E-state index is 14.5.